The Bertz CT molecular complexity index is 298. The minimum Gasteiger partial charge on any atom is -0.481 e. The van der Waals surface area contributed by atoms with Crippen molar-refractivity contribution in [2.75, 3.05) is 17.8 Å². The predicted octanol–water partition coefficient (Wildman–Crippen LogP) is 1.95. The lowest BCUT2D eigenvalue weighted by Gasteiger charge is -2.02. The number of carboxylic acids is 1. The first-order chi connectivity index (χ1) is 7.18. The molecule has 0 aliphatic rings. The second kappa shape index (κ2) is 6.51. The highest BCUT2D eigenvalue weighted by molar-refractivity contribution is 7.96. The van der Waals surface area contributed by atoms with Crippen molar-refractivity contribution in [2.45, 2.75) is 12.8 Å². The van der Waals surface area contributed by atoms with E-state index in [9.17, 15) is 4.79 Å². The number of carboxylic acid groups (broad SMARTS) is 1. The third-order valence-corrected chi connectivity index (χ3v) is 4.05. The van der Waals surface area contributed by atoms with Crippen LogP contribution >= 0.6 is 0 Å². The van der Waals surface area contributed by atoms with Crippen molar-refractivity contribution in [1.29, 1.82) is 0 Å². The van der Waals surface area contributed by atoms with Crippen LogP contribution in [0.3, 0.4) is 0 Å². The van der Waals surface area contributed by atoms with Crippen molar-refractivity contribution in [3.63, 3.8) is 0 Å². The summed E-state index contributed by atoms with van der Waals surface area (Å²) in [5, 5.41) is 8.55. The standard InChI is InChI=1S/C12H16O2S/c1-15(10-8-12(13)14)9-7-11-5-3-2-4-6-11/h2-6H,7-10H2,1H3/p+1. The van der Waals surface area contributed by atoms with Crippen LogP contribution in [0.4, 0.5) is 0 Å². The SMILES string of the molecule is C[S+](CCC(=O)O)CCc1ccccc1. The minimum atomic E-state index is -0.686. The van der Waals surface area contributed by atoms with Gasteiger partial charge in [-0.1, -0.05) is 30.3 Å². The molecule has 1 unspecified atom stereocenters. The van der Waals surface area contributed by atoms with Crippen molar-refractivity contribution in [1.82, 2.24) is 0 Å². The van der Waals surface area contributed by atoms with Crippen molar-refractivity contribution in [3.05, 3.63) is 35.9 Å². The fraction of sp³-hybridized carbons (Fsp3) is 0.417. The monoisotopic (exact) mass is 225 g/mol. The molecule has 2 nitrogen and oxygen atoms in total. The highest BCUT2D eigenvalue weighted by Crippen LogP contribution is 2.03. The Morgan fingerprint density at radius 1 is 1.27 bits per heavy atom. The van der Waals surface area contributed by atoms with Crippen LogP contribution in [0.25, 0.3) is 0 Å². The number of carbonyl (C=O) groups is 1. The fourth-order valence-corrected chi connectivity index (χ4v) is 2.61. The van der Waals surface area contributed by atoms with Gasteiger partial charge in [0.1, 0.15) is 11.5 Å². The maximum Gasteiger partial charge on any atom is 0.308 e. The Hall–Kier alpha value is -0.960. The highest BCUT2D eigenvalue weighted by atomic mass is 32.2. The van der Waals surface area contributed by atoms with Crippen LogP contribution in [0.5, 0.6) is 0 Å². The molecule has 15 heavy (non-hydrogen) atoms. The number of benzene rings is 1. The summed E-state index contributed by atoms with van der Waals surface area (Å²) in [7, 11) is 0.228. The summed E-state index contributed by atoms with van der Waals surface area (Å²) in [6.45, 7) is 0. The molecule has 0 heterocycles. The smallest absolute Gasteiger partial charge is 0.308 e. The molecule has 0 aliphatic heterocycles. The van der Waals surface area contributed by atoms with E-state index in [1.54, 1.807) is 0 Å². The summed E-state index contributed by atoms with van der Waals surface area (Å²) in [4.78, 5) is 10.4. The quantitative estimate of drug-likeness (QED) is 0.751. The second-order valence-electron chi connectivity index (χ2n) is 3.57. The van der Waals surface area contributed by atoms with Gasteiger partial charge in [0.15, 0.2) is 0 Å². The molecule has 0 amide bonds. The van der Waals surface area contributed by atoms with E-state index in [-0.39, 0.29) is 10.9 Å². The Kier molecular flexibility index (Phi) is 5.26. The van der Waals surface area contributed by atoms with Gasteiger partial charge in [0.25, 0.3) is 0 Å². The van der Waals surface area contributed by atoms with Gasteiger partial charge >= 0.3 is 5.97 Å². The molecule has 1 N–H and O–H groups in total. The van der Waals surface area contributed by atoms with Crippen LogP contribution in [0.2, 0.25) is 0 Å². The lowest BCUT2D eigenvalue weighted by molar-refractivity contribution is -0.136. The molecule has 82 valence electrons. The summed E-state index contributed by atoms with van der Waals surface area (Å²) in [6, 6.07) is 10.3. The Balaban J connectivity index is 2.22. The first kappa shape index (κ1) is 12.1. The Morgan fingerprint density at radius 2 is 1.93 bits per heavy atom. The van der Waals surface area contributed by atoms with Crippen molar-refractivity contribution in [2.24, 2.45) is 0 Å². The molecule has 1 atom stereocenters. The summed E-state index contributed by atoms with van der Waals surface area (Å²) in [6.07, 6.45) is 3.50. The van der Waals surface area contributed by atoms with Gasteiger partial charge < -0.3 is 5.11 Å². The van der Waals surface area contributed by atoms with Crippen molar-refractivity contribution < 1.29 is 9.90 Å². The number of hydrogen-bond acceptors (Lipinski definition) is 1. The zero-order valence-corrected chi connectivity index (χ0v) is 9.80. The largest absolute Gasteiger partial charge is 0.481 e. The zero-order chi connectivity index (χ0) is 11.1. The molecule has 0 spiro atoms. The van der Waals surface area contributed by atoms with E-state index in [4.69, 9.17) is 5.11 Å². The van der Waals surface area contributed by atoms with Crippen LogP contribution in [-0.4, -0.2) is 28.8 Å². The Labute approximate surface area is 93.7 Å². The number of rotatable bonds is 6. The van der Waals surface area contributed by atoms with E-state index in [1.807, 2.05) is 18.2 Å². The molecule has 0 radical (unpaired) electrons. The zero-order valence-electron chi connectivity index (χ0n) is 8.98. The molecule has 0 aliphatic carbocycles. The van der Waals surface area contributed by atoms with Gasteiger partial charge in [-0.2, -0.15) is 0 Å². The van der Waals surface area contributed by atoms with Crippen LogP contribution in [0.1, 0.15) is 12.0 Å². The van der Waals surface area contributed by atoms with E-state index in [2.05, 4.69) is 18.4 Å². The van der Waals surface area contributed by atoms with Gasteiger partial charge in [-0.25, -0.2) is 0 Å². The summed E-state index contributed by atoms with van der Waals surface area (Å²) in [5.41, 5.74) is 1.34. The molecule has 0 saturated carbocycles. The highest BCUT2D eigenvalue weighted by Gasteiger charge is 2.12. The first-order valence-corrected chi connectivity index (χ1v) is 7.00. The van der Waals surface area contributed by atoms with Gasteiger partial charge in [-0.05, 0) is 16.5 Å². The summed E-state index contributed by atoms with van der Waals surface area (Å²) >= 11 is 0. The van der Waals surface area contributed by atoms with Crippen molar-refractivity contribution >= 4 is 16.9 Å². The van der Waals surface area contributed by atoms with Crippen molar-refractivity contribution in [3.8, 4) is 0 Å². The second-order valence-corrected chi connectivity index (χ2v) is 5.95. The average molecular weight is 225 g/mol. The maximum absolute atomic E-state index is 10.4. The normalized spacial score (nSPS) is 12.3. The number of aryl methyl sites for hydroxylation is 1. The first-order valence-electron chi connectivity index (χ1n) is 5.03. The van der Waals surface area contributed by atoms with Crippen LogP contribution in [-0.2, 0) is 22.1 Å². The summed E-state index contributed by atoms with van der Waals surface area (Å²) in [5.74, 6) is 1.22. The fourth-order valence-electron chi connectivity index (χ4n) is 1.30. The molecule has 0 aromatic heterocycles. The van der Waals surface area contributed by atoms with Gasteiger partial charge in [0.2, 0.25) is 0 Å². The molecule has 1 rings (SSSR count). The number of aliphatic carboxylic acids is 1. The van der Waals surface area contributed by atoms with Crippen LogP contribution < -0.4 is 0 Å². The molecule has 0 bridgehead atoms. The van der Waals surface area contributed by atoms with Gasteiger partial charge in [-0.15, -0.1) is 0 Å². The number of hydrogen-bond donors (Lipinski definition) is 1. The third kappa shape index (κ3) is 5.47. The molecular formula is C12H17O2S+. The van der Waals surface area contributed by atoms with E-state index in [0.29, 0.717) is 6.42 Å². The van der Waals surface area contributed by atoms with Gasteiger partial charge in [0.05, 0.1) is 12.7 Å². The van der Waals surface area contributed by atoms with Gasteiger partial charge in [0, 0.05) is 6.42 Å². The molecule has 0 fully saturated rings. The minimum absolute atomic E-state index is 0.228. The predicted molar refractivity (Wildman–Crippen MR) is 65.4 cm³/mol. The molecule has 1 aromatic rings. The van der Waals surface area contributed by atoms with Gasteiger partial charge in [-0.3, -0.25) is 4.79 Å². The van der Waals surface area contributed by atoms with E-state index < -0.39 is 5.97 Å². The lowest BCUT2D eigenvalue weighted by Crippen LogP contribution is -2.14. The molecule has 3 heteroatoms. The van der Waals surface area contributed by atoms with Crippen LogP contribution in [0.15, 0.2) is 30.3 Å². The summed E-state index contributed by atoms with van der Waals surface area (Å²) < 4.78 is 0. The average Bonchev–Trinajstić information content (AvgIpc) is 2.25. The molecular weight excluding hydrogens is 208 g/mol. The topological polar surface area (TPSA) is 37.3 Å². The van der Waals surface area contributed by atoms with E-state index in [1.165, 1.54) is 5.56 Å². The third-order valence-electron chi connectivity index (χ3n) is 2.25. The lowest BCUT2D eigenvalue weighted by atomic mass is 10.2. The Morgan fingerprint density at radius 3 is 2.53 bits per heavy atom. The van der Waals surface area contributed by atoms with Crippen LogP contribution in [0, 0.1) is 0 Å². The maximum atomic E-state index is 10.4. The molecule has 1 aromatic carbocycles. The van der Waals surface area contributed by atoms with E-state index >= 15 is 0 Å². The molecule has 0 saturated heterocycles. The van der Waals surface area contributed by atoms with E-state index in [0.717, 1.165) is 17.9 Å².